The molecule has 0 aliphatic rings. The van der Waals surface area contributed by atoms with E-state index in [0.717, 1.165) is 28.3 Å². The van der Waals surface area contributed by atoms with E-state index in [1.165, 1.54) is 16.0 Å². The standard InChI is InChI=1S/C16H18N4S/c1-10-11(2)21-16-14(10)15(18-9-19-16)20(3)8-12-5-4-6-13(17)7-12/h4-7,9H,8,17H2,1-3H3. The fourth-order valence-corrected chi connectivity index (χ4v) is 3.48. The van der Waals surface area contributed by atoms with E-state index in [1.807, 2.05) is 18.2 Å². The van der Waals surface area contributed by atoms with E-state index in [1.54, 1.807) is 17.7 Å². The molecule has 0 saturated heterocycles. The van der Waals surface area contributed by atoms with Gasteiger partial charge in [-0.2, -0.15) is 0 Å². The summed E-state index contributed by atoms with van der Waals surface area (Å²) in [4.78, 5) is 13.4. The summed E-state index contributed by atoms with van der Waals surface area (Å²) < 4.78 is 0. The summed E-state index contributed by atoms with van der Waals surface area (Å²) >= 11 is 1.72. The van der Waals surface area contributed by atoms with Crippen LogP contribution in [-0.4, -0.2) is 17.0 Å². The molecule has 0 saturated carbocycles. The molecule has 2 heterocycles. The SMILES string of the molecule is Cc1sc2ncnc(N(C)Cc3cccc(N)c3)c2c1C. The van der Waals surface area contributed by atoms with Gasteiger partial charge < -0.3 is 10.6 Å². The Morgan fingerprint density at radius 1 is 1.24 bits per heavy atom. The second-order valence-corrected chi connectivity index (χ2v) is 6.46. The van der Waals surface area contributed by atoms with Crippen LogP contribution in [0.1, 0.15) is 16.0 Å². The van der Waals surface area contributed by atoms with Crippen molar-refractivity contribution in [2.75, 3.05) is 17.7 Å². The van der Waals surface area contributed by atoms with E-state index in [0.29, 0.717) is 0 Å². The van der Waals surface area contributed by atoms with Crippen LogP contribution >= 0.6 is 11.3 Å². The van der Waals surface area contributed by atoms with Gasteiger partial charge in [-0.15, -0.1) is 11.3 Å². The Morgan fingerprint density at radius 3 is 2.81 bits per heavy atom. The average Bonchev–Trinajstić information content (AvgIpc) is 2.74. The number of benzene rings is 1. The van der Waals surface area contributed by atoms with Crippen LogP contribution < -0.4 is 10.6 Å². The molecule has 3 rings (SSSR count). The number of hydrogen-bond donors (Lipinski definition) is 1. The predicted molar refractivity (Wildman–Crippen MR) is 89.9 cm³/mol. The Hall–Kier alpha value is -2.14. The lowest BCUT2D eigenvalue weighted by molar-refractivity contribution is 0.900. The molecule has 0 atom stereocenters. The van der Waals surface area contributed by atoms with E-state index >= 15 is 0 Å². The Kier molecular flexibility index (Phi) is 3.51. The zero-order valence-corrected chi connectivity index (χ0v) is 13.2. The van der Waals surface area contributed by atoms with Crippen LogP contribution in [0, 0.1) is 13.8 Å². The Labute approximate surface area is 128 Å². The zero-order chi connectivity index (χ0) is 15.0. The highest BCUT2D eigenvalue weighted by Crippen LogP contribution is 2.34. The van der Waals surface area contributed by atoms with Crippen LogP contribution in [0.4, 0.5) is 11.5 Å². The molecule has 21 heavy (non-hydrogen) atoms. The predicted octanol–water partition coefficient (Wildman–Crippen LogP) is 3.53. The third-order valence-electron chi connectivity index (χ3n) is 3.68. The molecule has 0 unspecified atom stereocenters. The van der Waals surface area contributed by atoms with Crippen molar-refractivity contribution in [3.8, 4) is 0 Å². The molecule has 0 radical (unpaired) electrons. The first-order valence-electron chi connectivity index (χ1n) is 6.82. The van der Waals surface area contributed by atoms with Gasteiger partial charge in [-0.25, -0.2) is 9.97 Å². The average molecular weight is 298 g/mol. The maximum atomic E-state index is 5.85. The van der Waals surface area contributed by atoms with Gasteiger partial charge in [-0.3, -0.25) is 0 Å². The maximum Gasteiger partial charge on any atom is 0.141 e. The van der Waals surface area contributed by atoms with Crippen LogP contribution in [0.2, 0.25) is 0 Å². The number of nitrogen functional groups attached to an aromatic ring is 1. The summed E-state index contributed by atoms with van der Waals surface area (Å²) in [6.07, 6.45) is 1.64. The lowest BCUT2D eigenvalue weighted by atomic mass is 10.1. The molecule has 5 heteroatoms. The minimum Gasteiger partial charge on any atom is -0.399 e. The van der Waals surface area contributed by atoms with Gasteiger partial charge in [0.2, 0.25) is 0 Å². The van der Waals surface area contributed by atoms with Crippen molar-refractivity contribution in [3.05, 3.63) is 46.6 Å². The highest BCUT2D eigenvalue weighted by Gasteiger charge is 2.15. The van der Waals surface area contributed by atoms with E-state index in [9.17, 15) is 0 Å². The van der Waals surface area contributed by atoms with Crippen molar-refractivity contribution >= 4 is 33.1 Å². The van der Waals surface area contributed by atoms with Crippen LogP contribution in [0.25, 0.3) is 10.2 Å². The summed E-state index contributed by atoms with van der Waals surface area (Å²) in [5, 5.41) is 1.16. The van der Waals surface area contributed by atoms with Crippen molar-refractivity contribution in [3.63, 3.8) is 0 Å². The number of nitrogens with two attached hydrogens (primary N) is 1. The molecule has 4 nitrogen and oxygen atoms in total. The lowest BCUT2D eigenvalue weighted by Gasteiger charge is -2.19. The third kappa shape index (κ3) is 2.56. The van der Waals surface area contributed by atoms with Gasteiger partial charge in [0, 0.05) is 24.2 Å². The molecule has 0 amide bonds. The first-order valence-corrected chi connectivity index (χ1v) is 7.64. The summed E-state index contributed by atoms with van der Waals surface area (Å²) in [6.45, 7) is 5.03. The monoisotopic (exact) mass is 298 g/mol. The minimum atomic E-state index is 0.769. The second kappa shape index (κ2) is 5.33. The number of thiophene rings is 1. The molecular weight excluding hydrogens is 280 g/mol. The fourth-order valence-electron chi connectivity index (χ4n) is 2.49. The van der Waals surface area contributed by atoms with Crippen LogP contribution in [0.5, 0.6) is 0 Å². The smallest absolute Gasteiger partial charge is 0.141 e. The van der Waals surface area contributed by atoms with E-state index in [2.05, 4.69) is 41.8 Å². The number of hydrogen-bond acceptors (Lipinski definition) is 5. The van der Waals surface area contributed by atoms with Gasteiger partial charge in [0.15, 0.2) is 0 Å². The highest BCUT2D eigenvalue weighted by atomic mass is 32.1. The Morgan fingerprint density at radius 2 is 2.05 bits per heavy atom. The van der Waals surface area contributed by atoms with Crippen molar-refractivity contribution in [1.29, 1.82) is 0 Å². The number of aryl methyl sites for hydroxylation is 2. The maximum absolute atomic E-state index is 5.85. The summed E-state index contributed by atoms with van der Waals surface area (Å²) in [5.41, 5.74) is 9.08. The lowest BCUT2D eigenvalue weighted by Crippen LogP contribution is -2.18. The topological polar surface area (TPSA) is 55.0 Å². The largest absolute Gasteiger partial charge is 0.399 e. The molecule has 0 bridgehead atoms. The van der Waals surface area contributed by atoms with E-state index in [4.69, 9.17) is 5.73 Å². The van der Waals surface area contributed by atoms with Gasteiger partial charge in [0.25, 0.3) is 0 Å². The van der Waals surface area contributed by atoms with Gasteiger partial charge >= 0.3 is 0 Å². The number of fused-ring (bicyclic) bond motifs is 1. The van der Waals surface area contributed by atoms with E-state index in [-0.39, 0.29) is 0 Å². The molecule has 108 valence electrons. The number of anilines is 2. The second-order valence-electron chi connectivity index (χ2n) is 5.26. The first kappa shape index (κ1) is 13.8. The van der Waals surface area contributed by atoms with Crippen LogP contribution in [-0.2, 0) is 6.54 Å². The molecule has 0 fully saturated rings. The van der Waals surface area contributed by atoms with Gasteiger partial charge in [0.1, 0.15) is 17.0 Å². The van der Waals surface area contributed by atoms with E-state index < -0.39 is 0 Å². The normalized spacial score (nSPS) is 11.0. The van der Waals surface area contributed by atoms with Gasteiger partial charge in [-0.1, -0.05) is 12.1 Å². The summed E-state index contributed by atoms with van der Waals surface area (Å²) in [7, 11) is 2.05. The number of nitrogens with zero attached hydrogens (tertiary/aromatic N) is 3. The molecule has 0 spiro atoms. The third-order valence-corrected chi connectivity index (χ3v) is 4.79. The molecule has 0 aliphatic heterocycles. The molecule has 0 aliphatic carbocycles. The van der Waals surface area contributed by atoms with Crippen molar-refractivity contribution in [2.24, 2.45) is 0 Å². The molecular formula is C16H18N4S. The number of aromatic nitrogens is 2. The van der Waals surface area contributed by atoms with Gasteiger partial charge in [-0.05, 0) is 37.1 Å². The van der Waals surface area contributed by atoms with Gasteiger partial charge in [0.05, 0.1) is 5.39 Å². The minimum absolute atomic E-state index is 0.769. The Bertz CT molecular complexity index is 794. The summed E-state index contributed by atoms with van der Waals surface area (Å²) in [6, 6.07) is 7.96. The molecule has 3 aromatic rings. The first-order chi connectivity index (χ1) is 10.1. The number of rotatable bonds is 3. The zero-order valence-electron chi connectivity index (χ0n) is 12.4. The van der Waals surface area contributed by atoms with Crippen molar-refractivity contribution in [1.82, 2.24) is 9.97 Å². The Balaban J connectivity index is 2.00. The van der Waals surface area contributed by atoms with Crippen molar-refractivity contribution in [2.45, 2.75) is 20.4 Å². The van der Waals surface area contributed by atoms with Crippen molar-refractivity contribution < 1.29 is 0 Å². The highest BCUT2D eigenvalue weighted by molar-refractivity contribution is 7.18. The van der Waals surface area contributed by atoms with Crippen LogP contribution in [0.15, 0.2) is 30.6 Å². The van der Waals surface area contributed by atoms with Crippen LogP contribution in [0.3, 0.4) is 0 Å². The quantitative estimate of drug-likeness (QED) is 0.752. The molecule has 1 aromatic carbocycles. The molecule has 2 N–H and O–H groups in total. The molecule has 2 aromatic heterocycles. The fraction of sp³-hybridized carbons (Fsp3) is 0.250. The summed E-state index contributed by atoms with van der Waals surface area (Å²) in [5.74, 6) is 0.976.